The van der Waals surface area contributed by atoms with E-state index in [0.29, 0.717) is 6.61 Å². The Kier molecular flexibility index (Phi) is 6.44. The summed E-state index contributed by atoms with van der Waals surface area (Å²) in [5, 5.41) is 3.38. The van der Waals surface area contributed by atoms with Crippen molar-refractivity contribution in [2.45, 2.75) is 24.1 Å². The minimum Gasteiger partial charge on any atom is -0.494 e. The third kappa shape index (κ3) is 5.31. The lowest BCUT2D eigenvalue weighted by molar-refractivity contribution is -0.115. The molecule has 138 valence electrons. The van der Waals surface area contributed by atoms with E-state index in [1.165, 1.54) is 18.1 Å². The SMILES string of the molecule is CCOc1ccc(NC(=O)[C@@H](C)Sc2cc(-c3ccccc3)ncn2)cc1. The third-order valence-electron chi connectivity index (χ3n) is 3.81. The first kappa shape index (κ1) is 18.9. The monoisotopic (exact) mass is 379 g/mol. The number of nitrogens with one attached hydrogen (secondary N) is 1. The molecular formula is C21H21N3O2S. The molecule has 0 aliphatic rings. The van der Waals surface area contributed by atoms with Gasteiger partial charge >= 0.3 is 0 Å². The van der Waals surface area contributed by atoms with Gasteiger partial charge in [-0.05, 0) is 44.2 Å². The Hall–Kier alpha value is -2.86. The zero-order valence-corrected chi connectivity index (χ0v) is 16.1. The van der Waals surface area contributed by atoms with Gasteiger partial charge in [0.1, 0.15) is 17.1 Å². The Balaban J connectivity index is 1.62. The van der Waals surface area contributed by atoms with Crippen LogP contribution in [0, 0.1) is 0 Å². The lowest BCUT2D eigenvalue weighted by Crippen LogP contribution is -2.22. The Bertz CT molecular complexity index is 885. The minimum atomic E-state index is -0.296. The number of ether oxygens (including phenoxy) is 1. The standard InChI is InChI=1S/C21H21N3O2S/c1-3-26-18-11-9-17(10-12-18)24-21(25)15(2)27-20-13-19(22-14-23-20)16-7-5-4-6-8-16/h4-15H,3H2,1-2H3,(H,24,25)/t15-/m1/s1. The number of carbonyl (C=O) groups is 1. The van der Waals surface area contributed by atoms with Gasteiger partial charge in [0.2, 0.25) is 5.91 Å². The average molecular weight is 379 g/mol. The van der Waals surface area contributed by atoms with Gasteiger partial charge in [0, 0.05) is 11.3 Å². The van der Waals surface area contributed by atoms with E-state index in [2.05, 4.69) is 15.3 Å². The molecule has 0 saturated carbocycles. The zero-order valence-electron chi connectivity index (χ0n) is 15.3. The highest BCUT2D eigenvalue weighted by Gasteiger charge is 2.16. The molecule has 0 unspecified atom stereocenters. The molecule has 27 heavy (non-hydrogen) atoms. The molecule has 0 fully saturated rings. The molecule has 0 bridgehead atoms. The van der Waals surface area contributed by atoms with Gasteiger partial charge in [-0.3, -0.25) is 4.79 Å². The molecule has 0 spiro atoms. The van der Waals surface area contributed by atoms with Crippen LogP contribution in [0.5, 0.6) is 5.75 Å². The molecule has 5 nitrogen and oxygen atoms in total. The maximum Gasteiger partial charge on any atom is 0.237 e. The van der Waals surface area contributed by atoms with E-state index >= 15 is 0 Å². The summed E-state index contributed by atoms with van der Waals surface area (Å²) in [5.74, 6) is 0.705. The Morgan fingerprint density at radius 1 is 1.11 bits per heavy atom. The molecule has 3 aromatic rings. The van der Waals surface area contributed by atoms with Crippen LogP contribution >= 0.6 is 11.8 Å². The second-order valence-corrected chi connectivity index (χ2v) is 7.18. The maximum absolute atomic E-state index is 12.5. The first-order valence-corrected chi connectivity index (χ1v) is 9.61. The van der Waals surface area contributed by atoms with Gasteiger partial charge in [0.25, 0.3) is 0 Å². The molecule has 1 aromatic heterocycles. The van der Waals surface area contributed by atoms with Crippen molar-refractivity contribution >= 4 is 23.4 Å². The summed E-state index contributed by atoms with van der Waals surface area (Å²) in [6, 6.07) is 19.2. The lowest BCUT2D eigenvalue weighted by atomic mass is 10.1. The number of hydrogen-bond acceptors (Lipinski definition) is 5. The average Bonchev–Trinajstić information content (AvgIpc) is 2.70. The summed E-state index contributed by atoms with van der Waals surface area (Å²) in [4.78, 5) is 21.1. The topological polar surface area (TPSA) is 64.1 Å². The predicted octanol–water partition coefficient (Wildman–Crippen LogP) is 4.66. The van der Waals surface area contributed by atoms with Crippen molar-refractivity contribution in [2.24, 2.45) is 0 Å². The van der Waals surface area contributed by atoms with Gasteiger partial charge in [0.05, 0.1) is 17.6 Å². The molecule has 0 saturated heterocycles. The molecule has 1 atom stereocenters. The predicted molar refractivity (Wildman–Crippen MR) is 109 cm³/mol. The summed E-state index contributed by atoms with van der Waals surface area (Å²) in [6.07, 6.45) is 1.53. The van der Waals surface area contributed by atoms with Crippen LogP contribution in [-0.2, 0) is 4.79 Å². The van der Waals surface area contributed by atoms with Crippen molar-refractivity contribution in [1.82, 2.24) is 9.97 Å². The summed E-state index contributed by atoms with van der Waals surface area (Å²) in [7, 11) is 0. The van der Waals surface area contributed by atoms with Crippen molar-refractivity contribution in [3.63, 3.8) is 0 Å². The van der Waals surface area contributed by atoms with Crippen LogP contribution in [0.25, 0.3) is 11.3 Å². The second kappa shape index (κ2) is 9.19. The van der Waals surface area contributed by atoms with E-state index in [0.717, 1.165) is 27.7 Å². The molecule has 1 amide bonds. The van der Waals surface area contributed by atoms with Gasteiger partial charge in [-0.2, -0.15) is 0 Å². The van der Waals surface area contributed by atoms with Crippen LogP contribution in [-0.4, -0.2) is 27.7 Å². The third-order valence-corrected chi connectivity index (χ3v) is 4.84. The van der Waals surface area contributed by atoms with Crippen LogP contribution in [0.15, 0.2) is 72.0 Å². The van der Waals surface area contributed by atoms with Crippen molar-refractivity contribution in [2.75, 3.05) is 11.9 Å². The van der Waals surface area contributed by atoms with Crippen LogP contribution in [0.2, 0.25) is 0 Å². The Morgan fingerprint density at radius 3 is 2.56 bits per heavy atom. The number of amides is 1. The van der Waals surface area contributed by atoms with E-state index in [1.54, 1.807) is 0 Å². The van der Waals surface area contributed by atoms with Gasteiger partial charge < -0.3 is 10.1 Å². The molecule has 1 heterocycles. The minimum absolute atomic E-state index is 0.0796. The summed E-state index contributed by atoms with van der Waals surface area (Å²) >= 11 is 1.40. The lowest BCUT2D eigenvalue weighted by Gasteiger charge is -2.12. The quantitative estimate of drug-likeness (QED) is 0.478. The maximum atomic E-state index is 12.5. The second-order valence-electron chi connectivity index (χ2n) is 5.81. The molecule has 0 aliphatic carbocycles. The number of thioether (sulfide) groups is 1. The fraction of sp³-hybridized carbons (Fsp3) is 0.190. The normalized spacial score (nSPS) is 11.6. The highest BCUT2D eigenvalue weighted by molar-refractivity contribution is 8.00. The Labute approximate surface area is 163 Å². The first-order chi connectivity index (χ1) is 13.2. The van der Waals surface area contributed by atoms with Gasteiger partial charge in [0.15, 0.2) is 0 Å². The summed E-state index contributed by atoms with van der Waals surface area (Å²) < 4.78 is 5.41. The van der Waals surface area contributed by atoms with Crippen LogP contribution < -0.4 is 10.1 Å². The molecule has 0 aliphatic heterocycles. The molecular weight excluding hydrogens is 358 g/mol. The van der Waals surface area contributed by atoms with Crippen molar-refractivity contribution in [1.29, 1.82) is 0 Å². The highest BCUT2D eigenvalue weighted by atomic mass is 32.2. The fourth-order valence-electron chi connectivity index (χ4n) is 2.45. The summed E-state index contributed by atoms with van der Waals surface area (Å²) in [5.41, 5.74) is 2.60. The molecule has 6 heteroatoms. The van der Waals surface area contributed by atoms with E-state index in [9.17, 15) is 4.79 Å². The van der Waals surface area contributed by atoms with Gasteiger partial charge in [-0.15, -0.1) is 0 Å². The van der Waals surface area contributed by atoms with Gasteiger partial charge in [-0.1, -0.05) is 42.1 Å². The van der Waals surface area contributed by atoms with Crippen LogP contribution in [0.4, 0.5) is 5.69 Å². The summed E-state index contributed by atoms with van der Waals surface area (Å²) in [6.45, 7) is 4.41. The van der Waals surface area contributed by atoms with Crippen molar-refractivity contribution < 1.29 is 9.53 Å². The number of rotatable bonds is 7. The number of anilines is 1. The van der Waals surface area contributed by atoms with E-state index in [-0.39, 0.29) is 11.2 Å². The number of benzene rings is 2. The van der Waals surface area contributed by atoms with Crippen molar-refractivity contribution in [3.05, 3.63) is 67.0 Å². The number of nitrogens with zero attached hydrogens (tertiary/aromatic N) is 2. The molecule has 3 rings (SSSR count). The first-order valence-electron chi connectivity index (χ1n) is 8.73. The number of hydrogen-bond donors (Lipinski definition) is 1. The molecule has 1 N–H and O–H groups in total. The van der Waals surface area contributed by atoms with Crippen LogP contribution in [0.1, 0.15) is 13.8 Å². The van der Waals surface area contributed by atoms with E-state index in [1.807, 2.05) is 74.5 Å². The largest absolute Gasteiger partial charge is 0.494 e. The zero-order chi connectivity index (χ0) is 19.1. The fourth-order valence-corrected chi connectivity index (χ4v) is 3.27. The van der Waals surface area contributed by atoms with Crippen molar-refractivity contribution in [3.8, 4) is 17.0 Å². The Morgan fingerprint density at radius 2 is 1.85 bits per heavy atom. The van der Waals surface area contributed by atoms with E-state index < -0.39 is 0 Å². The molecule has 2 aromatic carbocycles. The number of aromatic nitrogens is 2. The van der Waals surface area contributed by atoms with Crippen LogP contribution in [0.3, 0.4) is 0 Å². The smallest absolute Gasteiger partial charge is 0.237 e. The van der Waals surface area contributed by atoms with E-state index in [4.69, 9.17) is 4.74 Å². The highest BCUT2D eigenvalue weighted by Crippen LogP contribution is 2.26. The molecule has 0 radical (unpaired) electrons. The number of carbonyl (C=O) groups excluding carboxylic acids is 1. The van der Waals surface area contributed by atoms with Gasteiger partial charge in [-0.25, -0.2) is 9.97 Å².